The van der Waals surface area contributed by atoms with Gasteiger partial charge in [0.05, 0.1) is 6.10 Å². The minimum Gasteiger partial charge on any atom is -0.375 e. The van der Waals surface area contributed by atoms with Crippen molar-refractivity contribution in [1.82, 2.24) is 0 Å². The van der Waals surface area contributed by atoms with E-state index in [-0.39, 0.29) is 18.0 Å². The van der Waals surface area contributed by atoms with E-state index in [9.17, 15) is 4.79 Å². The van der Waals surface area contributed by atoms with Crippen molar-refractivity contribution in [3.05, 3.63) is 0 Å². The van der Waals surface area contributed by atoms with Crippen LogP contribution in [0.15, 0.2) is 0 Å². The van der Waals surface area contributed by atoms with Crippen LogP contribution in [0.3, 0.4) is 0 Å². The molecule has 2 atom stereocenters. The molecule has 0 heterocycles. The second-order valence-electron chi connectivity index (χ2n) is 3.72. The van der Waals surface area contributed by atoms with E-state index in [4.69, 9.17) is 9.47 Å². The molecule has 2 unspecified atom stereocenters. The summed E-state index contributed by atoms with van der Waals surface area (Å²) in [7, 11) is 0. The van der Waals surface area contributed by atoms with E-state index in [1.54, 1.807) is 0 Å². The van der Waals surface area contributed by atoms with Gasteiger partial charge in [-0.05, 0) is 12.8 Å². The summed E-state index contributed by atoms with van der Waals surface area (Å²) >= 11 is 0. The third kappa shape index (κ3) is 3.07. The van der Waals surface area contributed by atoms with E-state index in [2.05, 4.69) is 6.92 Å². The molecule has 0 amide bonds. The maximum Gasteiger partial charge on any atom is 0.166 e. The predicted octanol–water partition coefficient (Wildman–Crippen LogP) is 1.94. The van der Waals surface area contributed by atoms with Crippen LogP contribution in [0, 0.1) is 0 Å². The summed E-state index contributed by atoms with van der Waals surface area (Å²) in [4.78, 5) is 11.2. The van der Waals surface area contributed by atoms with Gasteiger partial charge in [-0.3, -0.25) is 4.79 Å². The Bertz CT molecular complexity index is 179. The summed E-state index contributed by atoms with van der Waals surface area (Å²) in [5, 5.41) is 0. The maximum absolute atomic E-state index is 11.2. The van der Waals surface area contributed by atoms with Gasteiger partial charge in [0, 0.05) is 19.6 Å². The van der Waals surface area contributed by atoms with Gasteiger partial charge in [-0.1, -0.05) is 20.3 Å². The Hall–Kier alpha value is -0.410. The van der Waals surface area contributed by atoms with Crippen molar-refractivity contribution in [1.29, 1.82) is 0 Å². The number of hydrogen-bond donors (Lipinski definition) is 0. The maximum atomic E-state index is 11.2. The van der Waals surface area contributed by atoms with E-state index >= 15 is 0 Å². The minimum absolute atomic E-state index is 0.0283. The summed E-state index contributed by atoms with van der Waals surface area (Å²) in [6, 6.07) is 0. The molecule has 0 aromatic rings. The van der Waals surface area contributed by atoms with Crippen molar-refractivity contribution < 1.29 is 14.3 Å². The molecule has 14 heavy (non-hydrogen) atoms. The van der Waals surface area contributed by atoms with Gasteiger partial charge >= 0.3 is 0 Å². The summed E-state index contributed by atoms with van der Waals surface area (Å²) in [6.07, 6.45) is 3.43. The molecule has 0 bridgehead atoms. The Morgan fingerprint density at radius 1 is 1.21 bits per heavy atom. The highest BCUT2D eigenvalue weighted by Gasteiger charge is 2.41. The van der Waals surface area contributed by atoms with Gasteiger partial charge in [-0.15, -0.1) is 0 Å². The van der Waals surface area contributed by atoms with Crippen LogP contribution in [0.2, 0.25) is 0 Å². The fourth-order valence-corrected chi connectivity index (χ4v) is 1.44. The molecule has 0 aromatic heterocycles. The Kier molecular flexibility index (Phi) is 5.12. The molecule has 1 aliphatic rings. The molecule has 1 fully saturated rings. The van der Waals surface area contributed by atoms with Crippen LogP contribution in [-0.4, -0.2) is 31.2 Å². The first-order valence-corrected chi connectivity index (χ1v) is 5.55. The van der Waals surface area contributed by atoms with Crippen LogP contribution in [0.5, 0.6) is 0 Å². The van der Waals surface area contributed by atoms with Crippen LogP contribution < -0.4 is 0 Å². The molecule has 1 rings (SSSR count). The normalized spacial score (nSPS) is 26.3. The van der Waals surface area contributed by atoms with Gasteiger partial charge in [-0.25, -0.2) is 0 Å². The summed E-state index contributed by atoms with van der Waals surface area (Å²) in [6.45, 7) is 5.57. The van der Waals surface area contributed by atoms with Gasteiger partial charge in [0.2, 0.25) is 0 Å². The summed E-state index contributed by atoms with van der Waals surface area (Å²) in [5.41, 5.74) is 0. The highest BCUT2D eigenvalue weighted by atomic mass is 16.5. The Morgan fingerprint density at radius 2 is 2.00 bits per heavy atom. The lowest BCUT2D eigenvalue weighted by atomic mass is 9.90. The highest BCUT2D eigenvalue weighted by Crippen LogP contribution is 2.23. The van der Waals surface area contributed by atoms with Gasteiger partial charge in [0.15, 0.2) is 5.78 Å². The summed E-state index contributed by atoms with van der Waals surface area (Å²) in [5.74, 6) is 0.194. The molecule has 0 radical (unpaired) electrons. The average molecular weight is 200 g/mol. The Labute approximate surface area is 85.8 Å². The molecule has 1 saturated carbocycles. The Morgan fingerprint density at radius 3 is 2.57 bits per heavy atom. The zero-order valence-electron chi connectivity index (χ0n) is 9.12. The number of unbranched alkanes of at least 4 members (excludes halogenated alkanes) is 1. The minimum atomic E-state index is -0.271. The zero-order valence-corrected chi connectivity index (χ0v) is 9.12. The van der Waals surface area contributed by atoms with Gasteiger partial charge in [0.1, 0.15) is 6.10 Å². The number of ketones is 1. The van der Waals surface area contributed by atoms with Crippen molar-refractivity contribution in [2.75, 3.05) is 13.2 Å². The first kappa shape index (κ1) is 11.7. The SMILES string of the molecule is CCCCOC1CC(=O)C1OCCC. The Balaban J connectivity index is 2.15. The number of hydrogen-bond acceptors (Lipinski definition) is 3. The van der Waals surface area contributed by atoms with Gasteiger partial charge in [-0.2, -0.15) is 0 Å². The number of carbonyl (C=O) groups is 1. The predicted molar refractivity (Wildman–Crippen MR) is 54.3 cm³/mol. The van der Waals surface area contributed by atoms with Crippen molar-refractivity contribution in [3.8, 4) is 0 Å². The van der Waals surface area contributed by atoms with Crippen molar-refractivity contribution in [2.24, 2.45) is 0 Å². The lowest BCUT2D eigenvalue weighted by Crippen LogP contribution is -2.50. The van der Waals surface area contributed by atoms with Gasteiger partial charge < -0.3 is 9.47 Å². The fraction of sp³-hybridized carbons (Fsp3) is 0.909. The molecule has 3 heteroatoms. The van der Waals surface area contributed by atoms with Crippen molar-refractivity contribution in [2.45, 2.75) is 51.7 Å². The fourth-order valence-electron chi connectivity index (χ4n) is 1.44. The van der Waals surface area contributed by atoms with E-state index in [1.807, 2.05) is 6.92 Å². The zero-order chi connectivity index (χ0) is 10.4. The van der Waals surface area contributed by atoms with E-state index in [0.29, 0.717) is 13.0 Å². The monoisotopic (exact) mass is 200 g/mol. The van der Waals surface area contributed by atoms with Gasteiger partial charge in [0.25, 0.3) is 0 Å². The lowest BCUT2D eigenvalue weighted by molar-refractivity contribution is -0.165. The van der Waals surface area contributed by atoms with Crippen molar-refractivity contribution >= 4 is 5.78 Å². The number of rotatable bonds is 7. The highest BCUT2D eigenvalue weighted by molar-refractivity contribution is 5.90. The van der Waals surface area contributed by atoms with E-state index < -0.39 is 0 Å². The third-order valence-electron chi connectivity index (χ3n) is 2.39. The van der Waals surface area contributed by atoms with E-state index in [0.717, 1.165) is 25.9 Å². The van der Waals surface area contributed by atoms with Crippen LogP contribution in [0.4, 0.5) is 0 Å². The first-order chi connectivity index (χ1) is 6.79. The molecule has 0 aliphatic heterocycles. The number of ether oxygens (including phenoxy) is 2. The molecular formula is C11H20O3. The molecule has 0 spiro atoms. The molecular weight excluding hydrogens is 180 g/mol. The second kappa shape index (κ2) is 6.14. The van der Waals surface area contributed by atoms with Crippen LogP contribution in [-0.2, 0) is 14.3 Å². The van der Waals surface area contributed by atoms with Crippen LogP contribution >= 0.6 is 0 Å². The lowest BCUT2D eigenvalue weighted by Gasteiger charge is -2.34. The topological polar surface area (TPSA) is 35.5 Å². The summed E-state index contributed by atoms with van der Waals surface area (Å²) < 4.78 is 11.0. The number of carbonyl (C=O) groups excluding carboxylic acids is 1. The first-order valence-electron chi connectivity index (χ1n) is 5.55. The molecule has 82 valence electrons. The molecule has 1 aliphatic carbocycles. The third-order valence-corrected chi connectivity index (χ3v) is 2.39. The average Bonchev–Trinajstić information content (AvgIpc) is 2.17. The second-order valence-corrected chi connectivity index (χ2v) is 3.72. The van der Waals surface area contributed by atoms with Crippen LogP contribution in [0.1, 0.15) is 39.5 Å². The van der Waals surface area contributed by atoms with Crippen LogP contribution in [0.25, 0.3) is 0 Å². The molecule has 3 nitrogen and oxygen atoms in total. The molecule has 0 saturated heterocycles. The van der Waals surface area contributed by atoms with Crippen molar-refractivity contribution in [3.63, 3.8) is 0 Å². The number of Topliss-reactive ketones (excluding diaryl/α,β-unsaturated/α-hetero) is 1. The van der Waals surface area contributed by atoms with E-state index in [1.165, 1.54) is 0 Å². The standard InChI is InChI=1S/C11H20O3/c1-3-5-7-13-10-8-9(12)11(10)14-6-4-2/h10-11H,3-8H2,1-2H3. The quantitative estimate of drug-likeness (QED) is 0.589. The molecule has 0 aromatic carbocycles. The largest absolute Gasteiger partial charge is 0.375 e. The smallest absolute Gasteiger partial charge is 0.166 e. The molecule has 0 N–H and O–H groups in total.